The number of carbonyl (C=O) groups is 2. The van der Waals surface area contributed by atoms with Crippen LogP contribution < -0.4 is 0 Å². The molecule has 0 spiro atoms. The Hall–Kier alpha value is -2.68. The number of ketones is 1. The highest BCUT2D eigenvalue weighted by Gasteiger charge is 2.31. The number of rotatable bonds is 4. The Labute approximate surface area is 154 Å². The Kier molecular flexibility index (Phi) is 5.08. The van der Waals surface area contributed by atoms with E-state index in [1.165, 1.54) is 0 Å². The van der Waals surface area contributed by atoms with Crippen LogP contribution in [0.5, 0.6) is 0 Å². The highest BCUT2D eigenvalue weighted by molar-refractivity contribution is 6.00. The molecule has 0 heterocycles. The first-order valence-corrected chi connectivity index (χ1v) is 9.04. The van der Waals surface area contributed by atoms with Gasteiger partial charge >= 0.3 is 5.97 Å². The van der Waals surface area contributed by atoms with E-state index < -0.39 is 0 Å². The maximum atomic E-state index is 12.3. The van der Waals surface area contributed by atoms with Crippen LogP contribution in [0.1, 0.15) is 71.0 Å². The second-order valence-corrected chi connectivity index (χ2v) is 7.25. The van der Waals surface area contributed by atoms with Gasteiger partial charge in [0.2, 0.25) is 0 Å². The molecule has 2 aromatic carbocycles. The lowest BCUT2D eigenvalue weighted by Gasteiger charge is -2.31. The summed E-state index contributed by atoms with van der Waals surface area (Å²) in [5.74, 6) is -0.114. The first-order chi connectivity index (χ1) is 12.4. The summed E-state index contributed by atoms with van der Waals surface area (Å²) in [6.07, 6.45) is 5.32. The number of esters is 1. The fourth-order valence-electron chi connectivity index (χ4n) is 3.40. The molecule has 0 aliphatic heterocycles. The molecule has 0 saturated heterocycles. The van der Waals surface area contributed by atoms with Crippen molar-refractivity contribution in [3.8, 4) is 0 Å². The summed E-state index contributed by atoms with van der Waals surface area (Å²) in [7, 11) is 0. The summed E-state index contributed by atoms with van der Waals surface area (Å²) in [4.78, 5) is 24.4. The van der Waals surface area contributed by atoms with Crippen molar-refractivity contribution in [2.24, 2.45) is 0 Å². The van der Waals surface area contributed by atoms with Crippen molar-refractivity contribution in [1.29, 1.82) is 0 Å². The maximum Gasteiger partial charge on any atom is 0.338 e. The van der Waals surface area contributed by atoms with Gasteiger partial charge in [0.05, 0.1) is 12.2 Å². The Morgan fingerprint density at radius 1 is 1.15 bits per heavy atom. The smallest absolute Gasteiger partial charge is 0.338 e. The summed E-state index contributed by atoms with van der Waals surface area (Å²) in [5.41, 5.74) is 4.27. The number of hydrogen-bond donors (Lipinski definition) is 0. The van der Waals surface area contributed by atoms with E-state index in [1.807, 2.05) is 42.5 Å². The zero-order chi connectivity index (χ0) is 18.7. The van der Waals surface area contributed by atoms with Gasteiger partial charge in [0.1, 0.15) is 0 Å². The molecular weight excluding hydrogens is 324 g/mol. The van der Waals surface area contributed by atoms with E-state index in [9.17, 15) is 9.59 Å². The van der Waals surface area contributed by atoms with E-state index in [0.717, 1.165) is 28.7 Å². The van der Waals surface area contributed by atoms with Crippen molar-refractivity contribution in [2.45, 2.75) is 39.0 Å². The number of benzene rings is 2. The normalized spacial score (nSPS) is 15.7. The largest absolute Gasteiger partial charge is 0.462 e. The van der Waals surface area contributed by atoms with Gasteiger partial charge in [0.25, 0.3) is 0 Å². The first-order valence-electron chi connectivity index (χ1n) is 9.04. The Morgan fingerprint density at radius 3 is 2.69 bits per heavy atom. The zero-order valence-electron chi connectivity index (χ0n) is 15.5. The van der Waals surface area contributed by atoms with Crippen LogP contribution in [0.15, 0.2) is 42.5 Å². The number of carbonyl (C=O) groups excluding carboxylic acids is 2. The Morgan fingerprint density at radius 2 is 1.92 bits per heavy atom. The summed E-state index contributed by atoms with van der Waals surface area (Å²) in [5, 5.41) is 0. The number of ether oxygens (including phenoxy) is 1. The van der Waals surface area contributed by atoms with Crippen LogP contribution in [0.3, 0.4) is 0 Å². The van der Waals surface area contributed by atoms with Gasteiger partial charge in [-0.05, 0) is 47.6 Å². The highest BCUT2D eigenvalue weighted by Crippen LogP contribution is 2.37. The third-order valence-corrected chi connectivity index (χ3v) is 4.96. The van der Waals surface area contributed by atoms with E-state index >= 15 is 0 Å². The molecule has 0 radical (unpaired) electrons. The molecule has 1 aliphatic rings. The van der Waals surface area contributed by atoms with Crippen LogP contribution in [-0.4, -0.2) is 18.4 Å². The van der Waals surface area contributed by atoms with Crippen molar-refractivity contribution in [3.63, 3.8) is 0 Å². The van der Waals surface area contributed by atoms with Crippen LogP contribution in [0, 0.1) is 0 Å². The molecule has 2 aromatic rings. The average molecular weight is 348 g/mol. The second kappa shape index (κ2) is 7.28. The molecule has 3 nitrogen and oxygen atoms in total. The predicted octanol–water partition coefficient (Wildman–Crippen LogP) is 5.29. The van der Waals surface area contributed by atoms with Crippen molar-refractivity contribution < 1.29 is 14.3 Å². The van der Waals surface area contributed by atoms with Crippen molar-refractivity contribution in [1.82, 2.24) is 0 Å². The summed E-state index contributed by atoms with van der Waals surface area (Å²) in [6, 6.07) is 13.4. The van der Waals surface area contributed by atoms with E-state index in [4.69, 9.17) is 4.74 Å². The van der Waals surface area contributed by atoms with E-state index in [0.29, 0.717) is 18.6 Å². The zero-order valence-corrected chi connectivity index (χ0v) is 15.5. The molecular formula is C23H24O3. The molecule has 0 fully saturated rings. The third kappa shape index (κ3) is 3.62. The van der Waals surface area contributed by atoms with Gasteiger partial charge in [-0.1, -0.05) is 56.3 Å². The minimum atomic E-state index is -0.324. The number of fused-ring (bicyclic) bond motifs is 1. The Bertz CT molecular complexity index is 875. The quantitative estimate of drug-likeness (QED) is 0.557. The molecule has 0 saturated carbocycles. The summed E-state index contributed by atoms with van der Waals surface area (Å²) < 4.78 is 5.11. The molecule has 0 amide bonds. The number of hydrogen-bond acceptors (Lipinski definition) is 3. The second-order valence-electron chi connectivity index (χ2n) is 7.25. The van der Waals surface area contributed by atoms with Crippen LogP contribution in [0.25, 0.3) is 12.2 Å². The van der Waals surface area contributed by atoms with Crippen LogP contribution in [-0.2, 0) is 10.2 Å². The molecule has 134 valence electrons. The molecule has 3 rings (SSSR count). The number of Topliss-reactive ketones (excluding diaryl/α,β-unsaturated/α-hetero) is 1. The molecule has 0 atom stereocenters. The molecule has 0 unspecified atom stereocenters. The van der Waals surface area contributed by atoms with Crippen molar-refractivity contribution >= 4 is 23.9 Å². The summed E-state index contributed by atoms with van der Waals surface area (Å²) >= 11 is 0. The van der Waals surface area contributed by atoms with Crippen LogP contribution >= 0.6 is 0 Å². The van der Waals surface area contributed by atoms with Gasteiger partial charge in [0, 0.05) is 12.0 Å². The summed E-state index contributed by atoms with van der Waals surface area (Å²) in [6.45, 7) is 6.51. The topological polar surface area (TPSA) is 43.4 Å². The fourth-order valence-corrected chi connectivity index (χ4v) is 3.40. The van der Waals surface area contributed by atoms with Gasteiger partial charge in [0.15, 0.2) is 5.78 Å². The molecule has 3 heteroatoms. The average Bonchev–Trinajstić information content (AvgIpc) is 2.64. The molecule has 1 aliphatic carbocycles. The van der Waals surface area contributed by atoms with Crippen LogP contribution in [0.2, 0.25) is 0 Å². The van der Waals surface area contributed by atoms with E-state index in [-0.39, 0.29) is 17.2 Å². The minimum absolute atomic E-state index is 0.0298. The van der Waals surface area contributed by atoms with Gasteiger partial charge in [-0.25, -0.2) is 4.79 Å². The molecule has 0 aromatic heterocycles. The van der Waals surface area contributed by atoms with Gasteiger partial charge in [-0.3, -0.25) is 4.79 Å². The van der Waals surface area contributed by atoms with Crippen LogP contribution in [0.4, 0.5) is 0 Å². The monoisotopic (exact) mass is 348 g/mol. The molecule has 0 bridgehead atoms. The van der Waals surface area contributed by atoms with Crippen molar-refractivity contribution in [3.05, 3.63) is 70.3 Å². The fraction of sp³-hybridized carbons (Fsp3) is 0.304. The Balaban J connectivity index is 1.92. The van der Waals surface area contributed by atoms with Gasteiger partial charge < -0.3 is 4.74 Å². The standard InChI is InChI=1S/C23H24O3/c1-4-26-22(25)18-8-6-5-7-17(18)11-9-16-10-12-20-19(15-16)21(24)13-14-23(20,2)3/h5-12,15H,4,13-14H2,1-3H3. The highest BCUT2D eigenvalue weighted by atomic mass is 16.5. The minimum Gasteiger partial charge on any atom is -0.462 e. The lowest BCUT2D eigenvalue weighted by atomic mass is 9.72. The molecule has 26 heavy (non-hydrogen) atoms. The van der Waals surface area contributed by atoms with E-state index in [2.05, 4.69) is 19.9 Å². The first kappa shape index (κ1) is 18.1. The maximum absolute atomic E-state index is 12.3. The van der Waals surface area contributed by atoms with Gasteiger partial charge in [-0.15, -0.1) is 0 Å². The van der Waals surface area contributed by atoms with Crippen molar-refractivity contribution in [2.75, 3.05) is 6.61 Å². The lowest BCUT2D eigenvalue weighted by molar-refractivity contribution is 0.0526. The molecule has 0 N–H and O–H groups in total. The lowest BCUT2D eigenvalue weighted by Crippen LogP contribution is -2.27. The van der Waals surface area contributed by atoms with Gasteiger partial charge in [-0.2, -0.15) is 0 Å². The predicted molar refractivity (Wildman–Crippen MR) is 104 cm³/mol. The SMILES string of the molecule is CCOC(=O)c1ccccc1C=Cc1ccc2c(c1)C(=O)CCC2(C)C. The van der Waals surface area contributed by atoms with E-state index in [1.54, 1.807) is 13.0 Å². The third-order valence-electron chi connectivity index (χ3n) is 4.96.